The molecule has 1 atom stereocenters. The second-order valence-corrected chi connectivity index (χ2v) is 14.6. The SMILES string of the molecule is CCC(c1c(OB(Oc2cc(C(F)(F)F)cc(C(F)(F)F)c2)Oc2cc(C(F)(F)F)cc(C(F)(F)F)c2)cc(C(F)(F)F)cc1C(F)(F)F)[N+](C)(C)C.FC(F)(F)c1c[c-]cc(C(F)(F)F)c1. The highest BCUT2D eigenvalue weighted by Crippen LogP contribution is 2.48. The maximum absolute atomic E-state index is 14.4. The first-order chi connectivity index (χ1) is 29.8. The van der Waals surface area contributed by atoms with Crippen LogP contribution in [-0.2, 0) is 49.4 Å². The second kappa shape index (κ2) is 19.0. The monoisotopic (exact) mass is 1010 g/mol. The lowest BCUT2D eigenvalue weighted by atomic mass is 9.92. The molecule has 4 aromatic rings. The molecule has 0 aliphatic carbocycles. The number of hydrogen-bond acceptors (Lipinski definition) is 3. The van der Waals surface area contributed by atoms with Crippen LogP contribution in [0.4, 0.5) is 105 Å². The van der Waals surface area contributed by atoms with Crippen LogP contribution in [0.5, 0.6) is 17.2 Å². The van der Waals surface area contributed by atoms with Crippen LogP contribution in [0.3, 0.4) is 0 Å². The normalized spacial score (nSPS) is 14.0. The Hall–Kier alpha value is -5.38. The zero-order valence-electron chi connectivity index (χ0n) is 33.5. The summed E-state index contributed by atoms with van der Waals surface area (Å²) in [6.07, 6.45) is -43.4. The van der Waals surface area contributed by atoms with Gasteiger partial charge in [0.15, 0.2) is 0 Å². The van der Waals surface area contributed by atoms with E-state index in [0.29, 0.717) is 12.1 Å². The van der Waals surface area contributed by atoms with Crippen LogP contribution in [0.1, 0.15) is 69.5 Å². The summed E-state index contributed by atoms with van der Waals surface area (Å²) in [7, 11) is 0.534. The van der Waals surface area contributed by atoms with Crippen LogP contribution >= 0.6 is 0 Å². The molecule has 0 aliphatic rings. The Kier molecular flexibility index (Phi) is 15.8. The van der Waals surface area contributed by atoms with E-state index in [4.69, 9.17) is 14.0 Å². The van der Waals surface area contributed by atoms with Crippen molar-refractivity contribution in [2.45, 2.75) is 68.8 Å². The van der Waals surface area contributed by atoms with E-state index in [1.165, 1.54) is 28.1 Å². The Morgan fingerprint density at radius 3 is 0.985 bits per heavy atom. The summed E-state index contributed by atoms with van der Waals surface area (Å²) in [6, 6.07) is -0.730. The zero-order chi connectivity index (χ0) is 51.9. The first-order valence-electron chi connectivity index (χ1n) is 17.7. The number of benzene rings is 4. The summed E-state index contributed by atoms with van der Waals surface area (Å²) in [5.41, 5.74) is -16.3. The van der Waals surface area contributed by atoms with Gasteiger partial charge in [0, 0.05) is 6.42 Å². The van der Waals surface area contributed by atoms with Crippen molar-refractivity contribution in [1.29, 1.82) is 0 Å². The second-order valence-electron chi connectivity index (χ2n) is 14.6. The van der Waals surface area contributed by atoms with Gasteiger partial charge in [-0.05, 0) is 48.5 Å². The molecule has 0 aromatic heterocycles. The minimum Gasteiger partial charge on any atom is -0.490 e. The van der Waals surface area contributed by atoms with Crippen molar-refractivity contribution in [2.24, 2.45) is 0 Å². The molecule has 0 N–H and O–H groups in total. The van der Waals surface area contributed by atoms with Crippen molar-refractivity contribution in [3.63, 3.8) is 0 Å². The average Bonchev–Trinajstić information content (AvgIpc) is 3.12. The Morgan fingerprint density at radius 1 is 0.418 bits per heavy atom. The third-order valence-corrected chi connectivity index (χ3v) is 8.68. The number of quaternary nitrogens is 1. The molecule has 0 radical (unpaired) electrons. The van der Waals surface area contributed by atoms with E-state index in [1.54, 1.807) is 6.07 Å². The van der Waals surface area contributed by atoms with Crippen molar-refractivity contribution in [1.82, 2.24) is 0 Å². The Balaban J connectivity index is 0.000000723. The largest absolute Gasteiger partial charge is 0.864 e. The predicted octanol–water partition coefficient (Wildman–Crippen LogP) is 15.0. The minimum absolute atomic E-state index is 0.0521. The molecule has 4 nitrogen and oxygen atoms in total. The van der Waals surface area contributed by atoms with Gasteiger partial charge in [-0.3, -0.25) is 0 Å². The van der Waals surface area contributed by atoms with Gasteiger partial charge in [0.25, 0.3) is 0 Å². The lowest BCUT2D eigenvalue weighted by molar-refractivity contribution is -0.902. The molecule has 67 heavy (non-hydrogen) atoms. The molecule has 0 aliphatic heterocycles. The highest BCUT2D eigenvalue weighted by molar-refractivity contribution is 6.39. The molecule has 4 aromatic carbocycles. The molecule has 1 unspecified atom stereocenters. The van der Waals surface area contributed by atoms with Crippen LogP contribution in [0, 0.1) is 6.07 Å². The van der Waals surface area contributed by atoms with Crippen LogP contribution in [0.15, 0.2) is 66.7 Å². The fraction of sp³-hybridized carbons (Fsp3) is 0.368. The molecule has 372 valence electrons. The van der Waals surface area contributed by atoms with E-state index < -0.39 is 147 Å². The molecule has 0 spiro atoms. The van der Waals surface area contributed by atoms with Gasteiger partial charge < -0.3 is 18.4 Å². The summed E-state index contributed by atoms with van der Waals surface area (Å²) >= 11 is 0. The maximum Gasteiger partial charge on any atom is 0.864 e. The molecule has 0 fully saturated rings. The molecule has 4 rings (SSSR count). The third-order valence-electron chi connectivity index (χ3n) is 8.68. The first kappa shape index (κ1) is 56.0. The van der Waals surface area contributed by atoms with Gasteiger partial charge in [-0.2, -0.15) is 124 Å². The number of hydrogen-bond donors (Lipinski definition) is 0. The van der Waals surface area contributed by atoms with Crippen LogP contribution in [0.25, 0.3) is 0 Å². The van der Waals surface area contributed by atoms with E-state index in [0.717, 1.165) is 0 Å². The third kappa shape index (κ3) is 15.3. The van der Waals surface area contributed by atoms with Crippen LogP contribution in [0.2, 0.25) is 0 Å². The van der Waals surface area contributed by atoms with Crippen molar-refractivity contribution in [2.75, 3.05) is 21.1 Å². The summed E-state index contributed by atoms with van der Waals surface area (Å²) in [4.78, 5) is 0. The lowest BCUT2D eigenvalue weighted by Crippen LogP contribution is -2.41. The van der Waals surface area contributed by atoms with Gasteiger partial charge in [0.2, 0.25) is 0 Å². The van der Waals surface area contributed by atoms with Crippen molar-refractivity contribution < 1.29 is 124 Å². The maximum atomic E-state index is 14.4. The fourth-order valence-corrected chi connectivity index (χ4v) is 5.79. The number of nitrogens with zero attached hydrogens (tertiary/aromatic N) is 1. The van der Waals surface area contributed by atoms with E-state index in [9.17, 15) is 105 Å². The van der Waals surface area contributed by atoms with Gasteiger partial charge in [0.05, 0.1) is 60.1 Å². The lowest BCUT2D eigenvalue weighted by Gasteiger charge is -2.36. The van der Waals surface area contributed by atoms with Crippen molar-refractivity contribution >= 4 is 7.32 Å². The molecule has 0 bridgehead atoms. The van der Waals surface area contributed by atoms with Gasteiger partial charge in [-0.1, -0.05) is 18.1 Å². The predicted molar refractivity (Wildman–Crippen MR) is 183 cm³/mol. The zero-order valence-corrected chi connectivity index (χ0v) is 33.5. The molecular weight excluding hydrogens is 985 g/mol. The summed E-state index contributed by atoms with van der Waals surface area (Å²) < 4.78 is 334. The fourth-order valence-electron chi connectivity index (χ4n) is 5.79. The molecule has 0 saturated carbocycles. The minimum atomic E-state index is -5.63. The molecule has 0 amide bonds. The van der Waals surface area contributed by atoms with Gasteiger partial charge in [-0.25, -0.2) is 0 Å². The smallest absolute Gasteiger partial charge is 0.490 e. The number of alkyl halides is 24. The quantitative estimate of drug-likeness (QED) is 0.0724. The Morgan fingerprint density at radius 2 is 0.716 bits per heavy atom. The summed E-state index contributed by atoms with van der Waals surface area (Å²) in [6.45, 7) is 1.27. The van der Waals surface area contributed by atoms with Gasteiger partial charge in [0.1, 0.15) is 23.3 Å². The van der Waals surface area contributed by atoms with E-state index in [-0.39, 0.29) is 48.9 Å². The highest BCUT2D eigenvalue weighted by Gasteiger charge is 2.47. The van der Waals surface area contributed by atoms with E-state index in [2.05, 4.69) is 0 Å². The van der Waals surface area contributed by atoms with E-state index >= 15 is 0 Å². The Bertz CT molecular complexity index is 2160. The number of rotatable bonds is 9. The number of halogens is 24. The van der Waals surface area contributed by atoms with Gasteiger partial charge >= 0.3 is 56.7 Å². The molecule has 29 heteroatoms. The van der Waals surface area contributed by atoms with Crippen molar-refractivity contribution in [3.05, 3.63) is 123 Å². The first-order valence-corrected chi connectivity index (χ1v) is 17.7. The van der Waals surface area contributed by atoms with Crippen LogP contribution in [-0.4, -0.2) is 32.9 Å². The topological polar surface area (TPSA) is 27.7 Å². The Labute approximate surface area is 361 Å². The van der Waals surface area contributed by atoms with Crippen LogP contribution < -0.4 is 14.0 Å². The highest BCUT2D eigenvalue weighted by atomic mass is 19.4. The van der Waals surface area contributed by atoms with E-state index in [1.807, 2.05) is 0 Å². The summed E-state index contributed by atoms with van der Waals surface area (Å²) in [5, 5.41) is 0. The average molecular weight is 1010 g/mol. The van der Waals surface area contributed by atoms with Gasteiger partial charge in [-0.15, -0.1) is 6.07 Å². The molecule has 0 heterocycles. The molecule has 0 saturated heterocycles. The summed E-state index contributed by atoms with van der Waals surface area (Å²) in [5.74, 6) is -4.70. The molecular formula is C38H26BF24NO3. The standard InChI is InChI=1S/C30H23BF18NO3.C8H3F6/c1-5-22(50(2,3)4)24-21(30(47,48)49)12-18(29(44,45)46)13-23(24)53-31(51-19-8-14(25(32,33)34)6-15(9-19)26(35,36)37)52-20-10-16(27(38,39)40)7-17(11-20)28(41,42)43;9-7(10,11)5-2-1-3-6(4-5)8(12,13)14/h6-13,22H,5H2,1-4H3;2-4H/q+1;-1. The van der Waals surface area contributed by atoms with Crippen molar-refractivity contribution in [3.8, 4) is 17.2 Å².